The summed E-state index contributed by atoms with van der Waals surface area (Å²) in [6.45, 7) is -0.214. The van der Waals surface area contributed by atoms with Crippen LogP contribution in [0, 0.1) is 0 Å². The highest BCUT2D eigenvalue weighted by atomic mass is 32.2. The fraction of sp³-hybridized carbons (Fsp3) is 0.167. The summed E-state index contributed by atoms with van der Waals surface area (Å²) in [6.07, 6.45) is -0.345. The van der Waals surface area contributed by atoms with Crippen molar-refractivity contribution in [2.24, 2.45) is 0 Å². The smallest absolute Gasteiger partial charge is 0.322 e. The topological polar surface area (TPSA) is 128 Å². The van der Waals surface area contributed by atoms with E-state index < -0.39 is 26.6 Å². The zero-order chi connectivity index (χ0) is 24.3. The fourth-order valence-corrected chi connectivity index (χ4v) is 5.15. The number of aromatic nitrogens is 3. The van der Waals surface area contributed by atoms with Gasteiger partial charge in [0.1, 0.15) is 11.3 Å². The maximum atomic E-state index is 13.1. The Hall–Kier alpha value is -4.05. The molecule has 0 spiro atoms. The second-order valence-electron chi connectivity index (χ2n) is 7.55. The molecular weight excluding hydrogens is 458 g/mol. The molecule has 1 N–H and O–H groups in total. The van der Waals surface area contributed by atoms with E-state index in [9.17, 15) is 23.1 Å². The Morgan fingerprint density at radius 3 is 2.47 bits per heavy atom. The van der Waals surface area contributed by atoms with Gasteiger partial charge in [-0.25, -0.2) is 13.1 Å². The normalized spacial score (nSPS) is 12.4. The lowest BCUT2D eigenvalue weighted by Gasteiger charge is -2.14. The van der Waals surface area contributed by atoms with E-state index in [1.165, 1.54) is 12.1 Å². The Morgan fingerprint density at radius 2 is 1.76 bits per heavy atom. The highest BCUT2D eigenvalue weighted by molar-refractivity contribution is 7.92. The summed E-state index contributed by atoms with van der Waals surface area (Å²) in [5, 5.41) is 16.0. The Balaban J connectivity index is 1.58. The van der Waals surface area contributed by atoms with Crippen molar-refractivity contribution < 1.29 is 23.1 Å². The highest BCUT2D eigenvalue weighted by Crippen LogP contribution is 2.27. The molecule has 1 unspecified atom stereocenters. The highest BCUT2D eigenvalue weighted by Gasteiger charge is 2.34. The molecular formula is C24H21N3O6S. The molecule has 0 bridgehead atoms. The average molecular weight is 480 g/mol. The maximum absolute atomic E-state index is 13.1. The van der Waals surface area contributed by atoms with Crippen molar-refractivity contribution in [3.05, 3.63) is 83.2 Å². The third-order valence-electron chi connectivity index (χ3n) is 5.47. The molecule has 0 saturated carbocycles. The molecule has 1 heterocycles. The van der Waals surface area contributed by atoms with Crippen LogP contribution in [0.25, 0.3) is 22.0 Å². The number of fused-ring (bicyclic) bond motifs is 1. The van der Waals surface area contributed by atoms with E-state index in [0.29, 0.717) is 16.7 Å². The number of benzene rings is 3. The second-order valence-corrected chi connectivity index (χ2v) is 9.68. The van der Waals surface area contributed by atoms with E-state index in [4.69, 9.17) is 4.74 Å². The summed E-state index contributed by atoms with van der Waals surface area (Å²) in [6, 6.07) is 19.9. The minimum Gasteiger partial charge on any atom is -0.497 e. The number of rotatable bonds is 8. The Bertz CT molecular complexity index is 1510. The molecule has 1 atom stereocenters. The Labute approximate surface area is 195 Å². The van der Waals surface area contributed by atoms with Gasteiger partial charge in [0.15, 0.2) is 15.1 Å². The summed E-state index contributed by atoms with van der Waals surface area (Å²) in [7, 11) is -2.67. The van der Waals surface area contributed by atoms with Crippen LogP contribution >= 0.6 is 0 Å². The quantitative estimate of drug-likeness (QED) is 0.409. The van der Waals surface area contributed by atoms with E-state index in [1.807, 2.05) is 18.2 Å². The van der Waals surface area contributed by atoms with E-state index >= 15 is 0 Å². The third-order valence-corrected chi connectivity index (χ3v) is 7.58. The number of carbonyl (C=O) groups is 1. The molecule has 34 heavy (non-hydrogen) atoms. The summed E-state index contributed by atoms with van der Waals surface area (Å²) in [5.74, 6) is -0.842. The summed E-state index contributed by atoms with van der Waals surface area (Å²) in [4.78, 5) is 24.4. The average Bonchev–Trinajstić information content (AvgIpc) is 2.85. The molecule has 1 aromatic heterocycles. The van der Waals surface area contributed by atoms with Gasteiger partial charge in [0.05, 0.1) is 17.4 Å². The van der Waals surface area contributed by atoms with E-state index in [2.05, 4.69) is 10.3 Å². The van der Waals surface area contributed by atoms with Gasteiger partial charge in [-0.05, 0) is 53.9 Å². The van der Waals surface area contributed by atoms with Crippen molar-refractivity contribution in [1.82, 2.24) is 15.0 Å². The van der Waals surface area contributed by atoms with Gasteiger partial charge in [-0.15, -0.1) is 5.10 Å². The van der Waals surface area contributed by atoms with Crippen molar-refractivity contribution in [3.8, 4) is 16.9 Å². The van der Waals surface area contributed by atoms with Crippen molar-refractivity contribution >= 4 is 26.7 Å². The van der Waals surface area contributed by atoms with Crippen LogP contribution in [0.3, 0.4) is 0 Å². The predicted octanol–water partition coefficient (Wildman–Crippen LogP) is 2.78. The summed E-state index contributed by atoms with van der Waals surface area (Å²) in [5.41, 5.74) is 1.52. The van der Waals surface area contributed by atoms with Gasteiger partial charge in [-0.1, -0.05) is 41.6 Å². The van der Waals surface area contributed by atoms with Gasteiger partial charge in [0, 0.05) is 6.54 Å². The third kappa shape index (κ3) is 4.53. The number of ether oxygens (including phenoxy) is 1. The summed E-state index contributed by atoms with van der Waals surface area (Å²) < 4.78 is 32.4. The number of hydrogen-bond donors (Lipinski definition) is 1. The SMILES string of the molecule is COc1cccc(-c2ccc(S(=O)(=O)C(CCn3nnc4ccccc4c3=O)C(=O)O)cc2)c1. The van der Waals surface area contributed by atoms with Crippen molar-refractivity contribution in [2.45, 2.75) is 23.1 Å². The molecule has 10 heteroatoms. The molecule has 0 aliphatic carbocycles. The van der Waals surface area contributed by atoms with Crippen LogP contribution in [0.15, 0.2) is 82.5 Å². The van der Waals surface area contributed by atoms with Crippen LogP contribution in [0.5, 0.6) is 5.75 Å². The standard InChI is InChI=1S/C24H21N3O6S/c1-33-18-6-4-5-17(15-18)16-9-11-19(12-10-16)34(31,32)22(24(29)30)13-14-27-23(28)20-7-2-3-8-21(20)25-26-27/h2-12,15,22H,13-14H2,1H3,(H,29,30). The van der Waals surface area contributed by atoms with E-state index in [-0.39, 0.29) is 17.9 Å². The van der Waals surface area contributed by atoms with Gasteiger partial charge < -0.3 is 9.84 Å². The maximum Gasteiger partial charge on any atom is 0.322 e. The molecule has 0 fully saturated rings. The number of carboxylic acid groups (broad SMARTS) is 1. The van der Waals surface area contributed by atoms with E-state index in [0.717, 1.165) is 15.8 Å². The summed E-state index contributed by atoms with van der Waals surface area (Å²) >= 11 is 0. The van der Waals surface area contributed by atoms with Crippen molar-refractivity contribution in [2.75, 3.05) is 7.11 Å². The first-order valence-corrected chi connectivity index (χ1v) is 11.9. The van der Waals surface area contributed by atoms with Gasteiger partial charge in [0.2, 0.25) is 0 Å². The number of carboxylic acids is 1. The second kappa shape index (κ2) is 9.44. The fourth-order valence-electron chi connectivity index (χ4n) is 3.62. The number of aliphatic carboxylic acids is 1. The lowest BCUT2D eigenvalue weighted by molar-refractivity contribution is -0.136. The number of methoxy groups -OCH3 is 1. The molecule has 174 valence electrons. The van der Waals surface area contributed by atoms with Crippen LogP contribution in [-0.4, -0.2) is 46.8 Å². The molecule has 3 aromatic carbocycles. The number of nitrogens with zero attached hydrogens (tertiary/aromatic N) is 3. The first-order chi connectivity index (χ1) is 16.3. The van der Waals surface area contributed by atoms with Gasteiger partial charge in [0.25, 0.3) is 5.56 Å². The van der Waals surface area contributed by atoms with Crippen LogP contribution < -0.4 is 10.3 Å². The van der Waals surface area contributed by atoms with Crippen LogP contribution in [0.2, 0.25) is 0 Å². The molecule has 9 nitrogen and oxygen atoms in total. The van der Waals surface area contributed by atoms with Gasteiger partial charge >= 0.3 is 5.97 Å². The minimum atomic E-state index is -4.23. The van der Waals surface area contributed by atoms with Gasteiger partial charge in [-0.2, -0.15) is 0 Å². The zero-order valence-corrected chi connectivity index (χ0v) is 19.0. The minimum absolute atomic E-state index is 0.122. The number of aryl methyl sites for hydroxylation is 1. The number of hydrogen-bond acceptors (Lipinski definition) is 7. The largest absolute Gasteiger partial charge is 0.497 e. The molecule has 0 saturated heterocycles. The molecule has 4 rings (SSSR count). The lowest BCUT2D eigenvalue weighted by Crippen LogP contribution is -2.34. The molecule has 0 aliphatic heterocycles. The molecule has 0 amide bonds. The first kappa shape index (κ1) is 23.1. The molecule has 0 radical (unpaired) electrons. The van der Waals surface area contributed by atoms with Gasteiger partial charge in [-0.3, -0.25) is 9.59 Å². The van der Waals surface area contributed by atoms with Crippen LogP contribution in [0.4, 0.5) is 0 Å². The zero-order valence-electron chi connectivity index (χ0n) is 18.2. The molecule has 0 aliphatic rings. The lowest BCUT2D eigenvalue weighted by atomic mass is 10.1. The monoisotopic (exact) mass is 479 g/mol. The first-order valence-electron chi connectivity index (χ1n) is 10.3. The predicted molar refractivity (Wildman–Crippen MR) is 125 cm³/mol. The van der Waals surface area contributed by atoms with Crippen molar-refractivity contribution in [3.63, 3.8) is 0 Å². The van der Waals surface area contributed by atoms with E-state index in [1.54, 1.807) is 49.6 Å². The van der Waals surface area contributed by atoms with Crippen LogP contribution in [0.1, 0.15) is 6.42 Å². The van der Waals surface area contributed by atoms with Crippen LogP contribution in [-0.2, 0) is 21.2 Å². The Morgan fingerprint density at radius 1 is 1.03 bits per heavy atom. The Kier molecular flexibility index (Phi) is 6.42. The number of sulfone groups is 1. The molecule has 4 aromatic rings. The van der Waals surface area contributed by atoms with Crippen molar-refractivity contribution in [1.29, 1.82) is 0 Å².